The Morgan fingerprint density at radius 1 is 1.35 bits per heavy atom. The molecule has 3 N–H and O–H groups in total. The topological polar surface area (TPSA) is 61.4 Å². The molecule has 0 bridgehead atoms. The standard InChI is InChI=1S/C15H22N2O2.ClH/c1-10-6-7-12(11(2)13(10)18)17-14(19)15(3)8-4-5-9-16-15;/h6-7,16,18H,4-5,8-9H2,1-3H3,(H,17,19);1H. The molecule has 1 heterocycles. The van der Waals surface area contributed by atoms with E-state index in [1.807, 2.05) is 32.9 Å². The highest BCUT2D eigenvalue weighted by molar-refractivity contribution is 5.98. The molecule has 112 valence electrons. The number of phenolic OH excluding ortho intramolecular Hbond substituents is 1. The van der Waals surface area contributed by atoms with Crippen LogP contribution in [0.2, 0.25) is 0 Å². The van der Waals surface area contributed by atoms with Crippen LogP contribution in [0.1, 0.15) is 37.3 Å². The monoisotopic (exact) mass is 298 g/mol. The van der Waals surface area contributed by atoms with E-state index in [1.165, 1.54) is 0 Å². The number of aromatic hydroxyl groups is 1. The van der Waals surface area contributed by atoms with Crippen molar-refractivity contribution in [3.8, 4) is 5.75 Å². The highest BCUT2D eigenvalue weighted by Gasteiger charge is 2.34. The van der Waals surface area contributed by atoms with Crippen LogP contribution < -0.4 is 10.6 Å². The lowest BCUT2D eigenvalue weighted by atomic mass is 9.90. The number of hydrogen-bond acceptors (Lipinski definition) is 3. The van der Waals surface area contributed by atoms with Crippen molar-refractivity contribution in [3.63, 3.8) is 0 Å². The van der Waals surface area contributed by atoms with Gasteiger partial charge in [-0.1, -0.05) is 6.07 Å². The summed E-state index contributed by atoms with van der Waals surface area (Å²) < 4.78 is 0. The van der Waals surface area contributed by atoms with Crippen LogP contribution in [0.4, 0.5) is 5.69 Å². The van der Waals surface area contributed by atoms with E-state index in [0.29, 0.717) is 11.3 Å². The van der Waals surface area contributed by atoms with Crippen LogP contribution in [-0.2, 0) is 4.79 Å². The summed E-state index contributed by atoms with van der Waals surface area (Å²) in [6.07, 6.45) is 3.03. The molecule has 4 nitrogen and oxygen atoms in total. The summed E-state index contributed by atoms with van der Waals surface area (Å²) in [5.74, 6) is 0.220. The summed E-state index contributed by atoms with van der Waals surface area (Å²) in [5.41, 5.74) is 1.71. The van der Waals surface area contributed by atoms with Gasteiger partial charge in [-0.2, -0.15) is 0 Å². The van der Waals surface area contributed by atoms with Crippen molar-refractivity contribution in [1.29, 1.82) is 0 Å². The fourth-order valence-electron chi connectivity index (χ4n) is 2.48. The van der Waals surface area contributed by atoms with Gasteiger partial charge in [0.15, 0.2) is 0 Å². The number of carbonyl (C=O) groups excluding carboxylic acids is 1. The third kappa shape index (κ3) is 3.25. The third-order valence-electron chi connectivity index (χ3n) is 4.00. The van der Waals surface area contributed by atoms with E-state index in [2.05, 4.69) is 10.6 Å². The quantitative estimate of drug-likeness (QED) is 0.787. The number of benzene rings is 1. The van der Waals surface area contributed by atoms with E-state index in [0.717, 1.165) is 31.4 Å². The van der Waals surface area contributed by atoms with Crippen molar-refractivity contribution in [2.24, 2.45) is 0 Å². The van der Waals surface area contributed by atoms with Crippen molar-refractivity contribution in [2.75, 3.05) is 11.9 Å². The number of carbonyl (C=O) groups is 1. The predicted molar refractivity (Wildman–Crippen MR) is 83.7 cm³/mol. The summed E-state index contributed by atoms with van der Waals surface area (Å²) >= 11 is 0. The maximum Gasteiger partial charge on any atom is 0.244 e. The Hall–Kier alpha value is -1.26. The minimum absolute atomic E-state index is 0. The summed E-state index contributed by atoms with van der Waals surface area (Å²) in [4.78, 5) is 12.4. The number of hydrogen-bond donors (Lipinski definition) is 3. The zero-order valence-electron chi connectivity index (χ0n) is 12.2. The Morgan fingerprint density at radius 3 is 2.65 bits per heavy atom. The second-order valence-corrected chi connectivity index (χ2v) is 5.57. The molecule has 1 fully saturated rings. The van der Waals surface area contributed by atoms with Gasteiger partial charge in [0.2, 0.25) is 5.91 Å². The van der Waals surface area contributed by atoms with Crippen LogP contribution in [0.25, 0.3) is 0 Å². The van der Waals surface area contributed by atoms with Crippen LogP contribution in [0.5, 0.6) is 5.75 Å². The summed E-state index contributed by atoms with van der Waals surface area (Å²) in [5, 5.41) is 16.1. The van der Waals surface area contributed by atoms with Gasteiger partial charge in [-0.25, -0.2) is 0 Å². The van der Waals surface area contributed by atoms with Gasteiger partial charge < -0.3 is 15.7 Å². The average molecular weight is 299 g/mol. The molecule has 0 saturated carbocycles. The molecule has 0 spiro atoms. The Labute approximate surface area is 126 Å². The Balaban J connectivity index is 0.00000200. The molecular weight excluding hydrogens is 276 g/mol. The third-order valence-corrected chi connectivity index (χ3v) is 4.00. The molecule has 1 saturated heterocycles. The minimum Gasteiger partial charge on any atom is -0.507 e. The molecule has 1 aromatic carbocycles. The van der Waals surface area contributed by atoms with E-state index in [9.17, 15) is 9.90 Å². The van der Waals surface area contributed by atoms with Crippen molar-refractivity contribution in [1.82, 2.24) is 5.32 Å². The van der Waals surface area contributed by atoms with Gasteiger partial charge in [0.25, 0.3) is 0 Å². The number of halogens is 1. The van der Waals surface area contributed by atoms with Crippen LogP contribution in [0.15, 0.2) is 12.1 Å². The van der Waals surface area contributed by atoms with E-state index in [-0.39, 0.29) is 24.1 Å². The molecule has 1 atom stereocenters. The van der Waals surface area contributed by atoms with Gasteiger partial charge >= 0.3 is 0 Å². The largest absolute Gasteiger partial charge is 0.507 e. The van der Waals surface area contributed by atoms with Gasteiger partial charge in [-0.05, 0) is 58.2 Å². The summed E-state index contributed by atoms with van der Waals surface area (Å²) in [6, 6.07) is 3.66. The van der Waals surface area contributed by atoms with E-state index in [1.54, 1.807) is 0 Å². The van der Waals surface area contributed by atoms with E-state index in [4.69, 9.17) is 0 Å². The molecule has 1 aliphatic heterocycles. The van der Waals surface area contributed by atoms with Crippen molar-refractivity contribution in [2.45, 2.75) is 45.6 Å². The molecule has 0 aromatic heterocycles. The number of nitrogens with one attached hydrogen (secondary N) is 2. The average Bonchev–Trinajstić information content (AvgIpc) is 2.40. The fourth-order valence-corrected chi connectivity index (χ4v) is 2.48. The zero-order valence-corrected chi connectivity index (χ0v) is 13.1. The summed E-state index contributed by atoms with van der Waals surface area (Å²) in [7, 11) is 0. The normalized spacial score (nSPS) is 21.9. The molecule has 0 aliphatic carbocycles. The van der Waals surface area contributed by atoms with Crippen LogP contribution in [0.3, 0.4) is 0 Å². The molecule has 2 rings (SSSR count). The lowest BCUT2D eigenvalue weighted by molar-refractivity contribution is -0.122. The molecule has 1 amide bonds. The molecule has 1 aliphatic rings. The van der Waals surface area contributed by atoms with Crippen molar-refractivity contribution >= 4 is 24.0 Å². The molecule has 1 aromatic rings. The zero-order chi connectivity index (χ0) is 14.0. The van der Waals surface area contributed by atoms with Crippen molar-refractivity contribution in [3.05, 3.63) is 23.3 Å². The van der Waals surface area contributed by atoms with Gasteiger partial charge in [0.1, 0.15) is 5.75 Å². The molecule has 20 heavy (non-hydrogen) atoms. The second kappa shape index (κ2) is 6.46. The van der Waals surface area contributed by atoms with E-state index < -0.39 is 5.54 Å². The Morgan fingerprint density at radius 2 is 2.05 bits per heavy atom. The number of amides is 1. The first-order chi connectivity index (χ1) is 8.94. The fraction of sp³-hybridized carbons (Fsp3) is 0.533. The maximum atomic E-state index is 12.4. The van der Waals surface area contributed by atoms with Crippen molar-refractivity contribution < 1.29 is 9.90 Å². The number of piperidine rings is 1. The first kappa shape index (κ1) is 16.8. The van der Waals surface area contributed by atoms with Gasteiger partial charge in [0.05, 0.1) is 5.54 Å². The highest BCUT2D eigenvalue weighted by atomic mass is 35.5. The van der Waals surface area contributed by atoms with Crippen LogP contribution >= 0.6 is 12.4 Å². The van der Waals surface area contributed by atoms with Crippen LogP contribution in [-0.4, -0.2) is 23.1 Å². The second-order valence-electron chi connectivity index (χ2n) is 5.57. The lowest BCUT2D eigenvalue weighted by Gasteiger charge is -2.33. The number of aryl methyl sites for hydroxylation is 1. The molecule has 0 radical (unpaired) electrons. The molecule has 1 unspecified atom stereocenters. The molecular formula is C15H23ClN2O2. The number of anilines is 1. The summed E-state index contributed by atoms with van der Waals surface area (Å²) in [6.45, 7) is 6.47. The first-order valence-electron chi connectivity index (χ1n) is 6.80. The maximum absolute atomic E-state index is 12.4. The smallest absolute Gasteiger partial charge is 0.244 e. The first-order valence-corrected chi connectivity index (χ1v) is 6.80. The Bertz CT molecular complexity index is 497. The van der Waals surface area contributed by atoms with Gasteiger partial charge in [0, 0.05) is 11.3 Å². The minimum atomic E-state index is -0.509. The number of rotatable bonds is 2. The van der Waals surface area contributed by atoms with E-state index >= 15 is 0 Å². The van der Waals surface area contributed by atoms with Gasteiger partial charge in [-0.3, -0.25) is 4.79 Å². The van der Waals surface area contributed by atoms with Crippen LogP contribution in [0, 0.1) is 13.8 Å². The van der Waals surface area contributed by atoms with Gasteiger partial charge in [-0.15, -0.1) is 12.4 Å². The Kier molecular flexibility index (Phi) is 5.42. The highest BCUT2D eigenvalue weighted by Crippen LogP contribution is 2.29. The lowest BCUT2D eigenvalue weighted by Crippen LogP contribution is -2.54. The number of phenols is 1. The molecule has 5 heteroatoms. The SMILES string of the molecule is Cc1ccc(NC(=O)C2(C)CCCCN2)c(C)c1O.Cl. The predicted octanol–water partition coefficient (Wildman–Crippen LogP) is 2.90.